The van der Waals surface area contributed by atoms with Crippen molar-refractivity contribution < 1.29 is 18.7 Å². The molecule has 4 atom stereocenters. The van der Waals surface area contributed by atoms with E-state index in [1.165, 1.54) is 30.4 Å². The molecule has 6 heteroatoms. The van der Waals surface area contributed by atoms with E-state index in [4.69, 9.17) is 4.74 Å². The van der Waals surface area contributed by atoms with Gasteiger partial charge in [0.1, 0.15) is 17.7 Å². The molecule has 29 heavy (non-hydrogen) atoms. The summed E-state index contributed by atoms with van der Waals surface area (Å²) in [6, 6.07) is 6.55. The average molecular weight is 411 g/mol. The molecule has 1 aliphatic heterocycles. The Kier molecular flexibility index (Phi) is 4.54. The zero-order valence-electron chi connectivity index (χ0n) is 16.1. The van der Waals surface area contributed by atoms with E-state index in [0.29, 0.717) is 41.0 Å². The lowest BCUT2D eigenvalue weighted by atomic mass is 9.93. The topological polar surface area (TPSA) is 55.4 Å². The highest BCUT2D eigenvalue weighted by molar-refractivity contribution is 7.17. The van der Waals surface area contributed by atoms with Gasteiger partial charge in [0, 0.05) is 28.3 Å². The summed E-state index contributed by atoms with van der Waals surface area (Å²) < 4.78 is 20.3. The Labute approximate surface area is 172 Å². The fraction of sp³-hybridized carbons (Fsp3) is 0.391. The fourth-order valence-corrected chi connectivity index (χ4v) is 5.71. The van der Waals surface area contributed by atoms with Crippen LogP contribution in [-0.2, 0) is 11.2 Å². The first kappa shape index (κ1) is 18.6. The number of carbonyl (C=O) groups is 2. The number of amides is 1. The summed E-state index contributed by atoms with van der Waals surface area (Å²) in [6.07, 6.45) is 6.77. The number of allylic oxidation sites excluding steroid dienone is 2. The first-order valence-corrected chi connectivity index (χ1v) is 10.9. The molecular formula is C23H22FNO3S. The first-order valence-electron chi connectivity index (χ1n) is 10.0. The van der Waals surface area contributed by atoms with Gasteiger partial charge < -0.3 is 10.1 Å². The Morgan fingerprint density at radius 3 is 2.79 bits per heavy atom. The zero-order chi connectivity index (χ0) is 20.1. The molecule has 3 aliphatic rings. The van der Waals surface area contributed by atoms with Crippen molar-refractivity contribution >= 4 is 23.0 Å². The highest BCUT2D eigenvalue weighted by Gasteiger charge is 2.40. The minimum absolute atomic E-state index is 0.00809. The molecule has 0 saturated heterocycles. The average Bonchev–Trinajstić information content (AvgIpc) is 3.48. The molecule has 1 amide bonds. The number of Topliss-reactive ketones (excluding diaryl/α,β-unsaturated/α-hetero) is 1. The third-order valence-electron chi connectivity index (χ3n) is 6.20. The van der Waals surface area contributed by atoms with Gasteiger partial charge in [0.05, 0.1) is 11.4 Å². The number of ether oxygens (including phenoxy) is 1. The van der Waals surface area contributed by atoms with E-state index in [1.54, 1.807) is 6.07 Å². The maximum atomic E-state index is 14.2. The van der Waals surface area contributed by atoms with Gasteiger partial charge in [0.15, 0.2) is 5.78 Å². The summed E-state index contributed by atoms with van der Waals surface area (Å²) >= 11 is 1.34. The normalized spacial score (nSPS) is 26.4. The van der Waals surface area contributed by atoms with Crippen LogP contribution in [0.15, 0.2) is 36.4 Å². The quantitative estimate of drug-likeness (QED) is 0.587. The minimum Gasteiger partial charge on any atom is -0.487 e. The number of thiophene rings is 1. The van der Waals surface area contributed by atoms with E-state index in [-0.39, 0.29) is 29.5 Å². The van der Waals surface area contributed by atoms with Gasteiger partial charge in [-0.25, -0.2) is 4.39 Å². The van der Waals surface area contributed by atoms with Crippen LogP contribution in [0.25, 0.3) is 10.4 Å². The van der Waals surface area contributed by atoms with Gasteiger partial charge in [-0.2, -0.15) is 0 Å². The number of ketones is 1. The molecule has 0 unspecified atom stereocenters. The third-order valence-corrected chi connectivity index (χ3v) is 7.42. The number of rotatable bonds is 5. The number of hydrogen-bond acceptors (Lipinski definition) is 4. The second-order valence-corrected chi connectivity index (χ2v) is 9.32. The predicted octanol–water partition coefficient (Wildman–Crippen LogP) is 4.39. The predicted molar refractivity (Wildman–Crippen MR) is 110 cm³/mol. The van der Waals surface area contributed by atoms with Crippen LogP contribution in [0.3, 0.4) is 0 Å². The SMILES string of the molecule is CC(=O)c1ccc(-c2cc(F)cc3c2O[C@H](CNC(=O)[C@@H]2C[C@@H]4C=C[C@H]2C4)C3)s1. The van der Waals surface area contributed by atoms with Crippen molar-refractivity contribution in [2.24, 2.45) is 17.8 Å². The first-order chi connectivity index (χ1) is 14.0. The van der Waals surface area contributed by atoms with Crippen molar-refractivity contribution in [2.45, 2.75) is 32.3 Å². The Bertz CT molecular complexity index is 1030. The second-order valence-electron chi connectivity index (χ2n) is 8.24. The summed E-state index contributed by atoms with van der Waals surface area (Å²) in [6.45, 7) is 1.93. The van der Waals surface area contributed by atoms with Gasteiger partial charge in [0.25, 0.3) is 0 Å². The van der Waals surface area contributed by atoms with E-state index in [0.717, 1.165) is 23.3 Å². The van der Waals surface area contributed by atoms with Crippen LogP contribution in [0.1, 0.15) is 35.0 Å². The van der Waals surface area contributed by atoms with Gasteiger partial charge >= 0.3 is 0 Å². The van der Waals surface area contributed by atoms with Crippen LogP contribution in [0.2, 0.25) is 0 Å². The van der Waals surface area contributed by atoms with Crippen LogP contribution < -0.4 is 10.1 Å². The molecule has 2 aliphatic carbocycles. The molecule has 1 aromatic heterocycles. The summed E-state index contributed by atoms with van der Waals surface area (Å²) in [7, 11) is 0. The van der Waals surface area contributed by atoms with Gasteiger partial charge in [-0.15, -0.1) is 11.3 Å². The Morgan fingerprint density at radius 1 is 1.24 bits per heavy atom. The molecule has 0 radical (unpaired) electrons. The monoisotopic (exact) mass is 411 g/mol. The van der Waals surface area contributed by atoms with Crippen LogP contribution in [0, 0.1) is 23.6 Å². The lowest BCUT2D eigenvalue weighted by Gasteiger charge is -2.19. The molecule has 1 aromatic carbocycles. The van der Waals surface area contributed by atoms with E-state index < -0.39 is 0 Å². The summed E-state index contributed by atoms with van der Waals surface area (Å²) in [4.78, 5) is 25.6. The van der Waals surface area contributed by atoms with Crippen molar-refractivity contribution in [1.29, 1.82) is 0 Å². The minimum atomic E-state index is -0.321. The van der Waals surface area contributed by atoms with Crippen molar-refractivity contribution in [3.05, 3.63) is 52.7 Å². The van der Waals surface area contributed by atoms with Crippen molar-refractivity contribution in [3.63, 3.8) is 0 Å². The molecule has 2 aromatic rings. The molecule has 4 nitrogen and oxygen atoms in total. The van der Waals surface area contributed by atoms with Gasteiger partial charge in [-0.1, -0.05) is 12.2 Å². The summed E-state index contributed by atoms with van der Waals surface area (Å²) in [5.74, 6) is 1.42. The third kappa shape index (κ3) is 3.39. The number of nitrogens with one attached hydrogen (secondary N) is 1. The lowest BCUT2D eigenvalue weighted by Crippen LogP contribution is -2.39. The second kappa shape index (κ2) is 7.10. The number of hydrogen-bond donors (Lipinski definition) is 1. The standard InChI is InChI=1S/C23H22FNO3S/c1-12(26)20-4-5-21(29-20)19-10-16(24)8-15-9-17(28-22(15)19)11-25-23(27)18-7-13-2-3-14(18)6-13/h2-5,8,10,13-14,17-18H,6-7,9,11H2,1H3,(H,25,27)/t13-,14+,17+,18-/m1/s1. The zero-order valence-corrected chi connectivity index (χ0v) is 16.9. The number of carbonyl (C=O) groups excluding carboxylic acids is 2. The number of fused-ring (bicyclic) bond motifs is 3. The Balaban J connectivity index is 1.29. The van der Waals surface area contributed by atoms with Crippen LogP contribution in [-0.4, -0.2) is 24.3 Å². The molecule has 1 fully saturated rings. The van der Waals surface area contributed by atoms with Crippen molar-refractivity contribution in [3.8, 4) is 16.2 Å². The summed E-state index contributed by atoms with van der Waals surface area (Å²) in [5, 5.41) is 3.05. The van der Waals surface area contributed by atoms with Gasteiger partial charge in [-0.3, -0.25) is 9.59 Å². The molecule has 1 N–H and O–H groups in total. The van der Waals surface area contributed by atoms with Crippen LogP contribution >= 0.6 is 11.3 Å². The maximum absolute atomic E-state index is 14.2. The number of halogens is 1. The molecule has 5 rings (SSSR count). The van der Waals surface area contributed by atoms with Gasteiger partial charge in [0.2, 0.25) is 5.91 Å². The van der Waals surface area contributed by atoms with Crippen LogP contribution in [0.4, 0.5) is 4.39 Å². The molecule has 2 heterocycles. The fourth-order valence-electron chi connectivity index (χ4n) is 4.79. The van der Waals surface area contributed by atoms with E-state index >= 15 is 0 Å². The molecule has 2 bridgehead atoms. The van der Waals surface area contributed by atoms with E-state index in [9.17, 15) is 14.0 Å². The van der Waals surface area contributed by atoms with Gasteiger partial charge in [-0.05, 0) is 55.9 Å². The number of benzene rings is 1. The Morgan fingerprint density at radius 2 is 2.10 bits per heavy atom. The lowest BCUT2D eigenvalue weighted by molar-refractivity contribution is -0.126. The highest BCUT2D eigenvalue weighted by atomic mass is 32.1. The van der Waals surface area contributed by atoms with E-state index in [2.05, 4.69) is 17.5 Å². The molecular weight excluding hydrogens is 389 g/mol. The van der Waals surface area contributed by atoms with Crippen molar-refractivity contribution in [2.75, 3.05) is 6.54 Å². The van der Waals surface area contributed by atoms with Crippen molar-refractivity contribution in [1.82, 2.24) is 5.32 Å². The largest absolute Gasteiger partial charge is 0.487 e. The van der Waals surface area contributed by atoms with E-state index in [1.807, 2.05) is 6.07 Å². The summed E-state index contributed by atoms with van der Waals surface area (Å²) in [5.41, 5.74) is 1.48. The molecule has 150 valence electrons. The molecule has 0 spiro atoms. The Hall–Kier alpha value is -2.47. The van der Waals surface area contributed by atoms with Crippen LogP contribution in [0.5, 0.6) is 5.75 Å². The smallest absolute Gasteiger partial charge is 0.223 e. The highest BCUT2D eigenvalue weighted by Crippen LogP contribution is 2.44. The molecule has 1 saturated carbocycles. The maximum Gasteiger partial charge on any atom is 0.223 e.